The summed E-state index contributed by atoms with van der Waals surface area (Å²) >= 11 is 0. The second kappa shape index (κ2) is 9.55. The number of hydrogen-bond donors (Lipinski definition) is 0. The fourth-order valence-electron chi connectivity index (χ4n) is 1.24. The van der Waals surface area contributed by atoms with Gasteiger partial charge in [-0.25, -0.2) is 18.4 Å². The van der Waals surface area contributed by atoms with Gasteiger partial charge in [-0.05, 0) is 0 Å². The standard InChI is InChI=1S/C6H12.C4H4F2O3/c1-2-4-6-5-3-1;5-1-3(7)9-4(8)2-6/h1-6H2;1-2H2. The first-order chi connectivity index (χ1) is 7.20. The highest BCUT2D eigenvalue weighted by molar-refractivity contribution is 5.86. The molecule has 1 fully saturated rings. The Labute approximate surface area is 87.8 Å². The Kier molecular flexibility index (Phi) is 8.91. The summed E-state index contributed by atoms with van der Waals surface area (Å²) in [5, 5.41) is 0. The Hall–Kier alpha value is -1.00. The van der Waals surface area contributed by atoms with E-state index >= 15 is 0 Å². The maximum atomic E-state index is 11.1. The Morgan fingerprint density at radius 2 is 1.07 bits per heavy atom. The largest absolute Gasteiger partial charge is 0.389 e. The van der Waals surface area contributed by atoms with Crippen LogP contribution in [0.2, 0.25) is 0 Å². The zero-order valence-electron chi connectivity index (χ0n) is 8.64. The zero-order valence-corrected chi connectivity index (χ0v) is 8.64. The lowest BCUT2D eigenvalue weighted by Gasteiger charge is -2.05. The highest BCUT2D eigenvalue weighted by Gasteiger charge is 2.07. The van der Waals surface area contributed by atoms with E-state index in [0.29, 0.717) is 0 Å². The lowest BCUT2D eigenvalue weighted by Crippen LogP contribution is -2.14. The van der Waals surface area contributed by atoms with Gasteiger partial charge < -0.3 is 4.74 Å². The van der Waals surface area contributed by atoms with E-state index < -0.39 is 25.3 Å². The van der Waals surface area contributed by atoms with Crippen LogP contribution in [0.5, 0.6) is 0 Å². The monoisotopic (exact) mass is 222 g/mol. The van der Waals surface area contributed by atoms with Crippen LogP contribution < -0.4 is 0 Å². The second-order valence-electron chi connectivity index (χ2n) is 3.23. The van der Waals surface area contributed by atoms with Crippen molar-refractivity contribution in [3.63, 3.8) is 0 Å². The van der Waals surface area contributed by atoms with Crippen molar-refractivity contribution >= 4 is 11.9 Å². The van der Waals surface area contributed by atoms with Crippen LogP contribution in [-0.4, -0.2) is 25.3 Å². The zero-order chi connectivity index (χ0) is 11.5. The molecule has 0 heterocycles. The third-order valence-corrected chi connectivity index (χ3v) is 1.95. The molecule has 0 unspecified atom stereocenters. The van der Waals surface area contributed by atoms with Gasteiger partial charge in [0.15, 0.2) is 13.3 Å². The average molecular weight is 222 g/mol. The molecule has 1 aliphatic rings. The van der Waals surface area contributed by atoms with E-state index in [1.165, 1.54) is 38.5 Å². The normalized spacial score (nSPS) is 14.8. The summed E-state index contributed by atoms with van der Waals surface area (Å²) < 4.78 is 25.8. The van der Waals surface area contributed by atoms with Gasteiger partial charge in [-0.2, -0.15) is 0 Å². The predicted molar refractivity (Wildman–Crippen MR) is 50.8 cm³/mol. The van der Waals surface area contributed by atoms with Crippen molar-refractivity contribution in [2.45, 2.75) is 38.5 Å². The molecule has 0 spiro atoms. The van der Waals surface area contributed by atoms with E-state index in [0.717, 1.165) is 0 Å². The van der Waals surface area contributed by atoms with E-state index in [-0.39, 0.29) is 0 Å². The molecule has 88 valence electrons. The number of carbonyl (C=O) groups excluding carboxylic acids is 2. The number of esters is 2. The molecule has 1 rings (SSSR count). The molecule has 0 aromatic heterocycles. The third kappa shape index (κ3) is 9.31. The lowest BCUT2D eigenvalue weighted by atomic mass is 10.0. The van der Waals surface area contributed by atoms with Crippen molar-refractivity contribution in [2.75, 3.05) is 13.3 Å². The smallest absolute Gasteiger partial charge is 0.345 e. The number of hydrogen-bond acceptors (Lipinski definition) is 3. The number of carbonyl (C=O) groups is 2. The van der Waals surface area contributed by atoms with E-state index in [1.54, 1.807) is 0 Å². The summed E-state index contributed by atoms with van der Waals surface area (Å²) in [6, 6.07) is 0. The topological polar surface area (TPSA) is 43.4 Å². The van der Waals surface area contributed by atoms with Crippen molar-refractivity contribution in [3.05, 3.63) is 0 Å². The molecule has 0 aromatic rings. The van der Waals surface area contributed by atoms with Crippen molar-refractivity contribution in [1.29, 1.82) is 0 Å². The first-order valence-corrected chi connectivity index (χ1v) is 5.06. The first-order valence-electron chi connectivity index (χ1n) is 5.06. The molecule has 5 heteroatoms. The predicted octanol–water partition coefficient (Wildman–Crippen LogP) is 2.34. The first kappa shape index (κ1) is 14.0. The quantitative estimate of drug-likeness (QED) is 0.532. The van der Waals surface area contributed by atoms with Crippen molar-refractivity contribution in [2.24, 2.45) is 0 Å². The van der Waals surface area contributed by atoms with Gasteiger partial charge in [0.2, 0.25) is 0 Å². The molecule has 0 N–H and O–H groups in total. The van der Waals surface area contributed by atoms with Gasteiger partial charge in [-0.1, -0.05) is 38.5 Å². The number of rotatable bonds is 2. The van der Waals surface area contributed by atoms with Gasteiger partial charge in [0.05, 0.1) is 0 Å². The fourth-order valence-corrected chi connectivity index (χ4v) is 1.24. The Bertz CT molecular complexity index is 166. The van der Waals surface area contributed by atoms with Gasteiger partial charge in [0.25, 0.3) is 0 Å². The molecule has 1 aliphatic carbocycles. The maximum absolute atomic E-state index is 11.1. The summed E-state index contributed by atoms with van der Waals surface area (Å²) in [5.74, 6) is -2.73. The molecule has 0 aliphatic heterocycles. The fraction of sp³-hybridized carbons (Fsp3) is 0.800. The van der Waals surface area contributed by atoms with Crippen LogP contribution in [0.3, 0.4) is 0 Å². The van der Waals surface area contributed by atoms with Gasteiger partial charge in [-0.15, -0.1) is 0 Å². The van der Waals surface area contributed by atoms with Crippen LogP contribution in [0, 0.1) is 0 Å². The maximum Gasteiger partial charge on any atom is 0.345 e. The minimum absolute atomic E-state index is 1.36. The molecular formula is C10H16F2O3. The van der Waals surface area contributed by atoms with E-state index in [2.05, 4.69) is 4.74 Å². The lowest BCUT2D eigenvalue weighted by molar-refractivity contribution is -0.160. The van der Waals surface area contributed by atoms with E-state index in [9.17, 15) is 18.4 Å². The second-order valence-corrected chi connectivity index (χ2v) is 3.23. The minimum Gasteiger partial charge on any atom is -0.389 e. The number of alkyl halides is 2. The van der Waals surface area contributed by atoms with Crippen molar-refractivity contribution in [1.82, 2.24) is 0 Å². The molecule has 0 bridgehead atoms. The highest BCUT2D eigenvalue weighted by Crippen LogP contribution is 2.15. The average Bonchev–Trinajstić information content (AvgIpc) is 2.31. The third-order valence-electron chi connectivity index (χ3n) is 1.95. The van der Waals surface area contributed by atoms with Gasteiger partial charge in [0, 0.05) is 0 Å². The summed E-state index contributed by atoms with van der Waals surface area (Å²) in [7, 11) is 0. The molecule has 0 radical (unpaired) electrons. The van der Waals surface area contributed by atoms with Gasteiger partial charge in [-0.3, -0.25) is 0 Å². The van der Waals surface area contributed by atoms with Crippen LogP contribution in [0.15, 0.2) is 0 Å². The number of halogens is 2. The van der Waals surface area contributed by atoms with Crippen LogP contribution in [-0.2, 0) is 14.3 Å². The van der Waals surface area contributed by atoms with Crippen LogP contribution >= 0.6 is 0 Å². The molecule has 0 aromatic carbocycles. The van der Waals surface area contributed by atoms with Crippen LogP contribution in [0.1, 0.15) is 38.5 Å². The number of ether oxygens (including phenoxy) is 1. The summed E-state index contributed by atoms with van der Waals surface area (Å²) in [6.45, 7) is -2.82. The molecular weight excluding hydrogens is 206 g/mol. The van der Waals surface area contributed by atoms with Gasteiger partial charge in [0.1, 0.15) is 0 Å². The Balaban J connectivity index is 0.000000280. The molecule has 0 amide bonds. The molecule has 0 atom stereocenters. The molecule has 1 saturated carbocycles. The summed E-state index contributed by atoms with van der Waals surface area (Å²) in [6.07, 6.45) is 9.00. The SMILES string of the molecule is C1CCCCC1.O=C(CF)OC(=O)CF. The Morgan fingerprint density at radius 1 is 0.800 bits per heavy atom. The Morgan fingerprint density at radius 3 is 1.27 bits per heavy atom. The molecule has 3 nitrogen and oxygen atoms in total. The van der Waals surface area contributed by atoms with E-state index in [1.807, 2.05) is 0 Å². The molecule has 15 heavy (non-hydrogen) atoms. The van der Waals surface area contributed by atoms with Crippen LogP contribution in [0.4, 0.5) is 8.78 Å². The van der Waals surface area contributed by atoms with Gasteiger partial charge >= 0.3 is 11.9 Å². The van der Waals surface area contributed by atoms with Crippen LogP contribution in [0.25, 0.3) is 0 Å². The minimum atomic E-state index is -1.41. The highest BCUT2D eigenvalue weighted by atomic mass is 19.1. The summed E-state index contributed by atoms with van der Waals surface area (Å²) in [5.41, 5.74) is 0. The van der Waals surface area contributed by atoms with Crippen molar-refractivity contribution in [3.8, 4) is 0 Å². The summed E-state index contributed by atoms with van der Waals surface area (Å²) in [4.78, 5) is 19.6. The van der Waals surface area contributed by atoms with Crippen molar-refractivity contribution < 1.29 is 23.1 Å². The molecule has 0 saturated heterocycles. The van der Waals surface area contributed by atoms with E-state index in [4.69, 9.17) is 0 Å².